The van der Waals surface area contributed by atoms with Crippen molar-refractivity contribution in [1.29, 1.82) is 0 Å². The first-order valence-corrected chi connectivity index (χ1v) is 7.18. The second kappa shape index (κ2) is 4.36. The van der Waals surface area contributed by atoms with Crippen molar-refractivity contribution in [2.75, 3.05) is 6.54 Å². The third kappa shape index (κ3) is 2.19. The Morgan fingerprint density at radius 2 is 1.61 bits per heavy atom. The van der Waals surface area contributed by atoms with Gasteiger partial charge in [-0.25, -0.2) is 0 Å². The normalized spacial score (nSPS) is 24.1. The SMILES string of the molecule is NCC1(c2ccc(CC3(O)CC3)cc2)CCCC1. The average molecular weight is 245 g/mol. The zero-order valence-corrected chi connectivity index (χ0v) is 11.0. The van der Waals surface area contributed by atoms with Gasteiger partial charge in [0, 0.05) is 18.4 Å². The van der Waals surface area contributed by atoms with Crippen LogP contribution in [-0.4, -0.2) is 17.3 Å². The van der Waals surface area contributed by atoms with Crippen LogP contribution >= 0.6 is 0 Å². The van der Waals surface area contributed by atoms with Crippen LogP contribution in [0.1, 0.15) is 49.7 Å². The van der Waals surface area contributed by atoms with Gasteiger partial charge in [-0.1, -0.05) is 37.1 Å². The zero-order chi connectivity index (χ0) is 12.6. The van der Waals surface area contributed by atoms with E-state index in [1.54, 1.807) is 0 Å². The molecule has 18 heavy (non-hydrogen) atoms. The van der Waals surface area contributed by atoms with Crippen LogP contribution in [0.2, 0.25) is 0 Å². The minimum Gasteiger partial charge on any atom is -0.390 e. The van der Waals surface area contributed by atoms with E-state index in [0.717, 1.165) is 25.8 Å². The second-order valence-corrected chi connectivity index (χ2v) is 6.29. The minimum atomic E-state index is -0.388. The summed E-state index contributed by atoms with van der Waals surface area (Å²) in [7, 11) is 0. The molecule has 1 aromatic rings. The van der Waals surface area contributed by atoms with Crippen LogP contribution in [0.25, 0.3) is 0 Å². The Bertz CT molecular complexity index is 413. The molecule has 2 aliphatic rings. The van der Waals surface area contributed by atoms with Gasteiger partial charge in [0.15, 0.2) is 0 Å². The molecule has 2 heteroatoms. The van der Waals surface area contributed by atoms with Crippen molar-refractivity contribution < 1.29 is 5.11 Å². The van der Waals surface area contributed by atoms with Gasteiger partial charge in [-0.3, -0.25) is 0 Å². The third-order valence-electron chi connectivity index (χ3n) is 4.88. The second-order valence-electron chi connectivity index (χ2n) is 6.29. The molecular weight excluding hydrogens is 222 g/mol. The molecule has 0 bridgehead atoms. The molecule has 0 unspecified atom stereocenters. The maximum atomic E-state index is 9.94. The van der Waals surface area contributed by atoms with Gasteiger partial charge in [-0.15, -0.1) is 0 Å². The Hall–Kier alpha value is -0.860. The van der Waals surface area contributed by atoms with E-state index < -0.39 is 0 Å². The van der Waals surface area contributed by atoms with Crippen LogP contribution in [0.4, 0.5) is 0 Å². The van der Waals surface area contributed by atoms with E-state index in [2.05, 4.69) is 24.3 Å². The van der Waals surface area contributed by atoms with Gasteiger partial charge in [0.05, 0.1) is 5.60 Å². The van der Waals surface area contributed by atoms with Crippen LogP contribution in [0.3, 0.4) is 0 Å². The van der Waals surface area contributed by atoms with Crippen molar-refractivity contribution in [3.8, 4) is 0 Å². The highest BCUT2D eigenvalue weighted by atomic mass is 16.3. The summed E-state index contributed by atoms with van der Waals surface area (Å²) in [6.07, 6.45) is 7.79. The summed E-state index contributed by atoms with van der Waals surface area (Å²) in [6, 6.07) is 8.83. The quantitative estimate of drug-likeness (QED) is 0.856. The molecule has 98 valence electrons. The van der Waals surface area contributed by atoms with Crippen LogP contribution < -0.4 is 5.73 Å². The van der Waals surface area contributed by atoms with Crippen molar-refractivity contribution >= 4 is 0 Å². The van der Waals surface area contributed by atoms with Gasteiger partial charge in [0.25, 0.3) is 0 Å². The summed E-state index contributed by atoms with van der Waals surface area (Å²) >= 11 is 0. The average Bonchev–Trinajstić information content (AvgIpc) is 2.94. The maximum absolute atomic E-state index is 9.94. The summed E-state index contributed by atoms with van der Waals surface area (Å²) in [5.41, 5.74) is 8.50. The van der Waals surface area contributed by atoms with Crippen LogP contribution in [-0.2, 0) is 11.8 Å². The lowest BCUT2D eigenvalue weighted by molar-refractivity contribution is 0.151. The Balaban J connectivity index is 1.77. The Labute approximate surface area is 109 Å². The largest absolute Gasteiger partial charge is 0.390 e. The first kappa shape index (κ1) is 12.2. The first-order chi connectivity index (χ1) is 8.66. The van der Waals surface area contributed by atoms with Gasteiger partial charge in [-0.05, 0) is 36.8 Å². The molecule has 2 fully saturated rings. The molecule has 0 atom stereocenters. The fourth-order valence-electron chi connectivity index (χ4n) is 3.34. The number of nitrogens with two attached hydrogens (primary N) is 1. The first-order valence-electron chi connectivity index (χ1n) is 7.18. The van der Waals surface area contributed by atoms with Gasteiger partial charge in [0.2, 0.25) is 0 Å². The van der Waals surface area contributed by atoms with E-state index in [-0.39, 0.29) is 11.0 Å². The summed E-state index contributed by atoms with van der Waals surface area (Å²) < 4.78 is 0. The smallest absolute Gasteiger partial charge is 0.0690 e. The predicted octanol–water partition coefficient (Wildman–Crippen LogP) is 2.52. The van der Waals surface area contributed by atoms with E-state index in [9.17, 15) is 5.11 Å². The van der Waals surface area contributed by atoms with E-state index in [4.69, 9.17) is 5.73 Å². The molecule has 2 aliphatic carbocycles. The number of hydrogen-bond donors (Lipinski definition) is 2. The Morgan fingerprint density at radius 3 is 2.11 bits per heavy atom. The molecule has 3 rings (SSSR count). The molecule has 0 aromatic heterocycles. The maximum Gasteiger partial charge on any atom is 0.0690 e. The van der Waals surface area contributed by atoms with Gasteiger partial charge in [0.1, 0.15) is 0 Å². The molecule has 0 amide bonds. The van der Waals surface area contributed by atoms with Gasteiger partial charge in [-0.2, -0.15) is 0 Å². The van der Waals surface area contributed by atoms with Crippen molar-refractivity contribution in [3.63, 3.8) is 0 Å². The number of aliphatic hydroxyl groups is 1. The summed E-state index contributed by atoms with van der Waals surface area (Å²) in [5.74, 6) is 0. The zero-order valence-electron chi connectivity index (χ0n) is 11.0. The minimum absolute atomic E-state index is 0.231. The molecule has 0 radical (unpaired) electrons. The molecular formula is C16H23NO. The third-order valence-corrected chi connectivity index (χ3v) is 4.88. The lowest BCUT2D eigenvalue weighted by Crippen LogP contribution is -2.31. The van der Waals surface area contributed by atoms with E-state index in [1.165, 1.54) is 36.8 Å². The molecule has 0 saturated heterocycles. The fourth-order valence-corrected chi connectivity index (χ4v) is 3.34. The highest BCUT2D eigenvalue weighted by Gasteiger charge is 2.40. The van der Waals surface area contributed by atoms with Crippen LogP contribution in [0, 0.1) is 0 Å². The standard InChI is InChI=1S/C16H23NO/c17-12-15(7-1-2-8-15)14-5-3-13(4-6-14)11-16(18)9-10-16/h3-6,18H,1-2,7-12,17H2. The van der Waals surface area contributed by atoms with Gasteiger partial charge < -0.3 is 10.8 Å². The van der Waals surface area contributed by atoms with Crippen molar-refractivity contribution in [2.24, 2.45) is 5.73 Å². The summed E-state index contributed by atoms with van der Waals surface area (Å²) in [5, 5.41) is 9.94. The van der Waals surface area contributed by atoms with Crippen molar-refractivity contribution in [1.82, 2.24) is 0 Å². The molecule has 2 nitrogen and oxygen atoms in total. The number of rotatable bonds is 4. The summed E-state index contributed by atoms with van der Waals surface area (Å²) in [6.45, 7) is 0.760. The fraction of sp³-hybridized carbons (Fsp3) is 0.625. The highest BCUT2D eigenvalue weighted by molar-refractivity contribution is 5.32. The molecule has 0 heterocycles. The van der Waals surface area contributed by atoms with Crippen LogP contribution in [0.15, 0.2) is 24.3 Å². The van der Waals surface area contributed by atoms with E-state index in [0.29, 0.717) is 0 Å². The van der Waals surface area contributed by atoms with E-state index >= 15 is 0 Å². The molecule has 3 N–H and O–H groups in total. The molecule has 1 aromatic carbocycles. The number of hydrogen-bond acceptors (Lipinski definition) is 2. The van der Waals surface area contributed by atoms with Crippen molar-refractivity contribution in [2.45, 2.75) is 56.0 Å². The molecule has 0 spiro atoms. The lowest BCUT2D eigenvalue weighted by Gasteiger charge is -2.28. The van der Waals surface area contributed by atoms with Gasteiger partial charge >= 0.3 is 0 Å². The highest BCUT2D eigenvalue weighted by Crippen LogP contribution is 2.41. The predicted molar refractivity (Wildman–Crippen MR) is 73.5 cm³/mol. The topological polar surface area (TPSA) is 46.2 Å². The van der Waals surface area contributed by atoms with Crippen molar-refractivity contribution in [3.05, 3.63) is 35.4 Å². The molecule has 2 saturated carbocycles. The van der Waals surface area contributed by atoms with E-state index in [1.807, 2.05) is 0 Å². The Morgan fingerprint density at radius 1 is 1.00 bits per heavy atom. The Kier molecular flexibility index (Phi) is 2.95. The monoisotopic (exact) mass is 245 g/mol. The number of benzene rings is 1. The van der Waals surface area contributed by atoms with Crippen LogP contribution in [0.5, 0.6) is 0 Å². The lowest BCUT2D eigenvalue weighted by atomic mass is 9.78. The summed E-state index contributed by atoms with van der Waals surface area (Å²) in [4.78, 5) is 0. The molecule has 0 aliphatic heterocycles.